The first-order chi connectivity index (χ1) is 14.6. The van der Waals surface area contributed by atoms with Crippen molar-refractivity contribution in [2.24, 2.45) is 0 Å². The zero-order chi connectivity index (χ0) is 21.1. The molecular formula is C23H26ClN3O3. The second kappa shape index (κ2) is 9.29. The molecule has 0 spiro atoms. The number of aliphatic hydroxyl groups is 2. The number of nitrogens with zero attached hydrogens (tertiary/aromatic N) is 2. The van der Waals surface area contributed by atoms with Gasteiger partial charge in [-0.25, -0.2) is 0 Å². The van der Waals surface area contributed by atoms with Crippen LogP contribution in [-0.2, 0) is 0 Å². The summed E-state index contributed by atoms with van der Waals surface area (Å²) < 4.78 is 0. The van der Waals surface area contributed by atoms with E-state index in [1.807, 2.05) is 36.4 Å². The minimum Gasteiger partial charge on any atom is -0.395 e. The molecule has 0 aliphatic carbocycles. The molecule has 3 aromatic rings. The number of carbonyl (C=O) groups excluding carboxylic acids is 1. The molecule has 2 atom stereocenters. The van der Waals surface area contributed by atoms with Crippen molar-refractivity contribution in [3.05, 3.63) is 70.9 Å². The van der Waals surface area contributed by atoms with Crippen molar-refractivity contribution in [1.82, 2.24) is 14.8 Å². The van der Waals surface area contributed by atoms with Crippen LogP contribution in [0.5, 0.6) is 0 Å². The Labute approximate surface area is 180 Å². The lowest BCUT2D eigenvalue weighted by Gasteiger charge is -2.40. The number of aliphatic hydroxyl groups excluding tert-OH is 2. The summed E-state index contributed by atoms with van der Waals surface area (Å²) in [6.07, 6.45) is 0.462. The van der Waals surface area contributed by atoms with Crippen molar-refractivity contribution >= 4 is 28.3 Å². The van der Waals surface area contributed by atoms with Gasteiger partial charge in [0.25, 0.3) is 0 Å². The van der Waals surface area contributed by atoms with Gasteiger partial charge in [-0.15, -0.1) is 0 Å². The van der Waals surface area contributed by atoms with Gasteiger partial charge in [-0.2, -0.15) is 0 Å². The Kier molecular flexibility index (Phi) is 6.51. The maximum atomic E-state index is 13.3. The van der Waals surface area contributed by atoms with Gasteiger partial charge in [0.05, 0.1) is 12.6 Å². The number of β-amino-alcohol motifs (C(OH)–C–C–N with tert-alkyl or cyclic N) is 1. The Morgan fingerprint density at radius 3 is 2.47 bits per heavy atom. The Balaban J connectivity index is 1.63. The van der Waals surface area contributed by atoms with Crippen LogP contribution in [0.2, 0.25) is 5.02 Å². The van der Waals surface area contributed by atoms with E-state index in [0.717, 1.165) is 29.6 Å². The summed E-state index contributed by atoms with van der Waals surface area (Å²) in [4.78, 5) is 20.8. The van der Waals surface area contributed by atoms with Gasteiger partial charge in [0.15, 0.2) is 5.78 Å². The molecule has 7 heteroatoms. The lowest BCUT2D eigenvalue weighted by molar-refractivity contribution is 0.0168. The quantitative estimate of drug-likeness (QED) is 0.505. The number of aromatic nitrogens is 1. The molecule has 1 aliphatic heterocycles. The highest BCUT2D eigenvalue weighted by molar-refractivity contribution is 6.30. The molecule has 0 bridgehead atoms. The number of aromatic amines is 1. The fraction of sp³-hybridized carbons (Fsp3) is 0.348. The van der Waals surface area contributed by atoms with E-state index in [1.165, 1.54) is 0 Å². The van der Waals surface area contributed by atoms with Gasteiger partial charge in [0.1, 0.15) is 6.10 Å². The first-order valence-corrected chi connectivity index (χ1v) is 10.6. The molecule has 0 saturated carbocycles. The van der Waals surface area contributed by atoms with Crippen LogP contribution in [-0.4, -0.2) is 76.2 Å². The maximum Gasteiger partial charge on any atom is 0.195 e. The molecule has 1 saturated heterocycles. The monoisotopic (exact) mass is 427 g/mol. The van der Waals surface area contributed by atoms with Crippen LogP contribution in [0.3, 0.4) is 0 Å². The van der Waals surface area contributed by atoms with Gasteiger partial charge in [0.2, 0.25) is 0 Å². The average Bonchev–Trinajstić information content (AvgIpc) is 3.20. The maximum absolute atomic E-state index is 13.3. The lowest BCUT2D eigenvalue weighted by atomic mass is 9.93. The molecular weight excluding hydrogens is 402 g/mol. The third-order valence-electron chi connectivity index (χ3n) is 5.85. The minimum absolute atomic E-state index is 0.127. The molecule has 30 heavy (non-hydrogen) atoms. The van der Waals surface area contributed by atoms with E-state index in [9.17, 15) is 15.0 Å². The van der Waals surface area contributed by atoms with Crippen molar-refractivity contribution in [2.75, 3.05) is 39.3 Å². The summed E-state index contributed by atoms with van der Waals surface area (Å²) in [6.45, 7) is 3.72. The van der Waals surface area contributed by atoms with E-state index in [4.69, 9.17) is 11.6 Å². The Hall–Kier alpha value is -2.22. The molecule has 2 heterocycles. The molecule has 1 aromatic heterocycles. The predicted molar refractivity (Wildman–Crippen MR) is 118 cm³/mol. The molecule has 4 rings (SSSR count). The third kappa shape index (κ3) is 4.29. The highest BCUT2D eigenvalue weighted by atomic mass is 35.5. The highest BCUT2D eigenvalue weighted by Gasteiger charge is 2.35. The summed E-state index contributed by atoms with van der Waals surface area (Å²) in [6, 6.07) is 14.4. The second-order valence-electron chi connectivity index (χ2n) is 7.65. The number of hydrogen-bond donors (Lipinski definition) is 3. The SMILES string of the molecule is O=C(c1c[nH]c2ccccc12)[C@H](O)[C@@H](c1ccc(Cl)cc1)N1CCN(CCO)CC1. The molecule has 2 aromatic carbocycles. The number of piperazine rings is 1. The number of fused-ring (bicyclic) bond motifs is 1. The smallest absolute Gasteiger partial charge is 0.195 e. The van der Waals surface area contributed by atoms with Gasteiger partial charge < -0.3 is 15.2 Å². The molecule has 6 nitrogen and oxygen atoms in total. The zero-order valence-electron chi connectivity index (χ0n) is 16.7. The van der Waals surface area contributed by atoms with Crippen LogP contribution >= 0.6 is 11.6 Å². The number of ketones is 1. The van der Waals surface area contributed by atoms with Gasteiger partial charge in [-0.1, -0.05) is 41.9 Å². The Morgan fingerprint density at radius 2 is 1.77 bits per heavy atom. The largest absolute Gasteiger partial charge is 0.395 e. The number of para-hydroxylation sites is 1. The van der Waals surface area contributed by atoms with E-state index in [2.05, 4.69) is 14.8 Å². The first kappa shape index (κ1) is 21.0. The molecule has 3 N–H and O–H groups in total. The summed E-state index contributed by atoms with van der Waals surface area (Å²) in [5.74, 6) is -0.301. The summed E-state index contributed by atoms with van der Waals surface area (Å²) in [5, 5.41) is 21.9. The van der Waals surface area contributed by atoms with Crippen LogP contribution in [0.15, 0.2) is 54.7 Å². The van der Waals surface area contributed by atoms with Crippen molar-refractivity contribution < 1.29 is 15.0 Å². The fourth-order valence-electron chi connectivity index (χ4n) is 4.24. The normalized spacial score (nSPS) is 17.8. The van der Waals surface area contributed by atoms with E-state index >= 15 is 0 Å². The Bertz CT molecular complexity index is 996. The zero-order valence-corrected chi connectivity index (χ0v) is 17.4. The van der Waals surface area contributed by atoms with E-state index in [-0.39, 0.29) is 12.4 Å². The van der Waals surface area contributed by atoms with Crippen molar-refractivity contribution in [2.45, 2.75) is 12.1 Å². The van der Waals surface area contributed by atoms with Crippen molar-refractivity contribution in [3.8, 4) is 0 Å². The van der Waals surface area contributed by atoms with E-state index < -0.39 is 12.1 Å². The Morgan fingerprint density at radius 1 is 1.07 bits per heavy atom. The van der Waals surface area contributed by atoms with E-state index in [0.29, 0.717) is 30.2 Å². The van der Waals surface area contributed by atoms with Gasteiger partial charge in [0, 0.05) is 60.4 Å². The highest BCUT2D eigenvalue weighted by Crippen LogP contribution is 2.30. The summed E-state index contributed by atoms with van der Waals surface area (Å²) >= 11 is 6.07. The van der Waals surface area contributed by atoms with Crippen LogP contribution in [0, 0.1) is 0 Å². The average molecular weight is 428 g/mol. The van der Waals surface area contributed by atoms with Crippen molar-refractivity contribution in [3.63, 3.8) is 0 Å². The van der Waals surface area contributed by atoms with Crippen LogP contribution in [0.1, 0.15) is 22.0 Å². The van der Waals surface area contributed by atoms with Crippen molar-refractivity contribution in [1.29, 1.82) is 0 Å². The number of halogens is 1. The van der Waals surface area contributed by atoms with E-state index in [1.54, 1.807) is 18.3 Å². The molecule has 158 valence electrons. The lowest BCUT2D eigenvalue weighted by Crippen LogP contribution is -2.51. The number of benzene rings is 2. The molecule has 0 radical (unpaired) electrons. The van der Waals surface area contributed by atoms with Crippen LogP contribution in [0.4, 0.5) is 0 Å². The van der Waals surface area contributed by atoms with Gasteiger partial charge in [-0.3, -0.25) is 14.6 Å². The molecule has 1 aliphatic rings. The number of nitrogens with one attached hydrogen (secondary N) is 1. The topological polar surface area (TPSA) is 79.8 Å². The first-order valence-electron chi connectivity index (χ1n) is 10.2. The molecule has 1 fully saturated rings. The number of hydrogen-bond acceptors (Lipinski definition) is 5. The van der Waals surface area contributed by atoms with Crippen LogP contribution < -0.4 is 0 Å². The third-order valence-corrected chi connectivity index (χ3v) is 6.10. The van der Waals surface area contributed by atoms with Gasteiger partial charge >= 0.3 is 0 Å². The number of Topliss-reactive ketones (excluding diaryl/α,β-unsaturated/α-hetero) is 1. The van der Waals surface area contributed by atoms with Gasteiger partial charge in [-0.05, 0) is 23.8 Å². The summed E-state index contributed by atoms with van der Waals surface area (Å²) in [7, 11) is 0. The number of carbonyl (C=O) groups is 1. The number of rotatable bonds is 7. The summed E-state index contributed by atoms with van der Waals surface area (Å²) in [5.41, 5.74) is 2.22. The second-order valence-corrected chi connectivity index (χ2v) is 8.09. The molecule has 0 amide bonds. The molecule has 0 unspecified atom stereocenters. The number of H-pyrrole nitrogens is 1. The minimum atomic E-state index is -1.21. The standard InChI is InChI=1S/C23H26ClN3O3/c24-17-7-5-16(6-8-17)21(27-11-9-26(10-12-27)13-14-28)23(30)22(29)19-15-25-20-4-2-1-3-18(19)20/h1-8,15,21,23,25,28,30H,9-14H2/t21-,23-/m1/s1. The predicted octanol–water partition coefficient (Wildman–Crippen LogP) is 2.72. The van der Waals surface area contributed by atoms with Crippen LogP contribution in [0.25, 0.3) is 10.9 Å². The fourth-order valence-corrected chi connectivity index (χ4v) is 4.36.